The average molecular weight is 218 g/mol. The normalized spacial score (nSPS) is 34.5. The van der Waals surface area contributed by atoms with Gasteiger partial charge in [-0.05, 0) is 57.4 Å². The monoisotopic (exact) mass is 218 g/mol. The molecule has 0 aromatic rings. The van der Waals surface area contributed by atoms with E-state index in [-0.39, 0.29) is 5.92 Å². The van der Waals surface area contributed by atoms with E-state index in [1.165, 1.54) is 24.8 Å². The van der Waals surface area contributed by atoms with Gasteiger partial charge in [-0.15, -0.1) is 0 Å². The first-order chi connectivity index (χ1) is 7.43. The molecule has 1 heteroatoms. The Morgan fingerprint density at radius 3 is 2.62 bits per heavy atom. The highest BCUT2D eigenvalue weighted by molar-refractivity contribution is 5.97. The first-order valence-electron chi connectivity index (χ1n) is 6.32. The lowest BCUT2D eigenvalue weighted by Gasteiger charge is -2.33. The Hall–Kier alpha value is -0.850. The average Bonchev–Trinajstić information content (AvgIpc) is 2.59. The Morgan fingerprint density at radius 1 is 1.44 bits per heavy atom. The van der Waals surface area contributed by atoms with Crippen LogP contribution in [0.1, 0.15) is 53.4 Å². The molecule has 2 unspecified atom stereocenters. The van der Waals surface area contributed by atoms with Crippen molar-refractivity contribution >= 4 is 5.78 Å². The van der Waals surface area contributed by atoms with Gasteiger partial charge < -0.3 is 0 Å². The van der Waals surface area contributed by atoms with E-state index in [2.05, 4.69) is 26.8 Å². The van der Waals surface area contributed by atoms with Crippen molar-refractivity contribution in [1.82, 2.24) is 0 Å². The van der Waals surface area contributed by atoms with Crippen LogP contribution in [0, 0.1) is 11.3 Å². The number of Topliss-reactive ketones (excluding diaryl/α,β-unsaturated/α-hetero) is 1. The summed E-state index contributed by atoms with van der Waals surface area (Å²) >= 11 is 0. The minimum Gasteiger partial charge on any atom is -0.294 e. The van der Waals surface area contributed by atoms with Gasteiger partial charge in [-0.25, -0.2) is 0 Å². The Kier molecular flexibility index (Phi) is 2.81. The SMILES string of the molecule is CC1=CC2(CCC(=C(C)C)C2)CC(C)C1=O. The summed E-state index contributed by atoms with van der Waals surface area (Å²) in [5.41, 5.74) is 4.40. The van der Waals surface area contributed by atoms with Crippen molar-refractivity contribution in [1.29, 1.82) is 0 Å². The molecule has 2 aliphatic rings. The van der Waals surface area contributed by atoms with Gasteiger partial charge in [-0.3, -0.25) is 4.79 Å². The maximum atomic E-state index is 11.8. The van der Waals surface area contributed by atoms with Crippen molar-refractivity contribution in [2.24, 2.45) is 11.3 Å². The second-order valence-electron chi connectivity index (χ2n) is 5.94. The molecule has 0 saturated heterocycles. The molecule has 88 valence electrons. The van der Waals surface area contributed by atoms with Crippen LogP contribution in [-0.4, -0.2) is 5.78 Å². The van der Waals surface area contributed by atoms with Gasteiger partial charge >= 0.3 is 0 Å². The van der Waals surface area contributed by atoms with E-state index in [1.807, 2.05) is 6.92 Å². The molecule has 1 spiro atoms. The van der Waals surface area contributed by atoms with Gasteiger partial charge in [-0.2, -0.15) is 0 Å². The zero-order valence-electron chi connectivity index (χ0n) is 10.9. The fourth-order valence-electron chi connectivity index (χ4n) is 3.41. The molecule has 1 nitrogen and oxygen atoms in total. The van der Waals surface area contributed by atoms with Crippen LogP contribution in [0.4, 0.5) is 0 Å². The van der Waals surface area contributed by atoms with Gasteiger partial charge in [-0.1, -0.05) is 24.1 Å². The molecule has 1 fully saturated rings. The Morgan fingerprint density at radius 2 is 2.12 bits per heavy atom. The van der Waals surface area contributed by atoms with Crippen LogP contribution in [0.15, 0.2) is 22.8 Å². The Balaban J connectivity index is 2.30. The number of hydrogen-bond acceptors (Lipinski definition) is 1. The fourth-order valence-corrected chi connectivity index (χ4v) is 3.41. The van der Waals surface area contributed by atoms with Gasteiger partial charge in [0, 0.05) is 5.92 Å². The van der Waals surface area contributed by atoms with Crippen molar-refractivity contribution in [2.75, 3.05) is 0 Å². The zero-order valence-corrected chi connectivity index (χ0v) is 10.9. The first kappa shape index (κ1) is 11.6. The highest BCUT2D eigenvalue weighted by Crippen LogP contribution is 2.50. The minimum atomic E-state index is 0.224. The third kappa shape index (κ3) is 1.88. The van der Waals surface area contributed by atoms with Gasteiger partial charge in [0.25, 0.3) is 0 Å². The summed E-state index contributed by atoms with van der Waals surface area (Å²) in [7, 11) is 0. The summed E-state index contributed by atoms with van der Waals surface area (Å²) in [5.74, 6) is 0.581. The second-order valence-corrected chi connectivity index (χ2v) is 5.94. The van der Waals surface area contributed by atoms with Gasteiger partial charge in [0.2, 0.25) is 0 Å². The molecule has 0 radical (unpaired) electrons. The number of hydrogen-bond donors (Lipinski definition) is 0. The number of carbonyl (C=O) groups excluding carboxylic acids is 1. The molecule has 2 aliphatic carbocycles. The van der Waals surface area contributed by atoms with Crippen molar-refractivity contribution in [2.45, 2.75) is 53.4 Å². The van der Waals surface area contributed by atoms with E-state index < -0.39 is 0 Å². The molecule has 0 heterocycles. The molecular weight excluding hydrogens is 196 g/mol. The third-order valence-corrected chi connectivity index (χ3v) is 4.27. The van der Waals surface area contributed by atoms with Crippen molar-refractivity contribution in [3.05, 3.63) is 22.8 Å². The van der Waals surface area contributed by atoms with Crippen molar-refractivity contribution < 1.29 is 4.79 Å². The van der Waals surface area contributed by atoms with Crippen LogP contribution in [0.5, 0.6) is 0 Å². The maximum absolute atomic E-state index is 11.8. The molecule has 0 aliphatic heterocycles. The smallest absolute Gasteiger partial charge is 0.161 e. The summed E-state index contributed by atoms with van der Waals surface area (Å²) in [6.07, 6.45) is 6.98. The number of ketones is 1. The predicted molar refractivity (Wildman–Crippen MR) is 67.2 cm³/mol. The largest absolute Gasteiger partial charge is 0.294 e. The van der Waals surface area contributed by atoms with Gasteiger partial charge in [0.1, 0.15) is 0 Å². The van der Waals surface area contributed by atoms with E-state index in [1.54, 1.807) is 5.57 Å². The molecule has 16 heavy (non-hydrogen) atoms. The molecule has 0 N–H and O–H groups in total. The van der Waals surface area contributed by atoms with Crippen LogP contribution in [0.2, 0.25) is 0 Å². The van der Waals surface area contributed by atoms with Crippen molar-refractivity contribution in [3.63, 3.8) is 0 Å². The Labute approximate surface area is 98.6 Å². The van der Waals surface area contributed by atoms with E-state index in [9.17, 15) is 4.79 Å². The van der Waals surface area contributed by atoms with Crippen LogP contribution >= 0.6 is 0 Å². The quantitative estimate of drug-likeness (QED) is 0.561. The van der Waals surface area contributed by atoms with Crippen LogP contribution in [0.25, 0.3) is 0 Å². The van der Waals surface area contributed by atoms with Crippen LogP contribution in [-0.2, 0) is 4.79 Å². The number of allylic oxidation sites excluding steroid dienone is 4. The standard InChI is InChI=1S/C15H22O/c1-10(2)13-5-6-15(9-13)7-11(3)14(16)12(4)8-15/h7,12H,5-6,8-9H2,1-4H3. The van der Waals surface area contributed by atoms with Gasteiger partial charge in [0.15, 0.2) is 5.78 Å². The summed E-state index contributed by atoms with van der Waals surface area (Å²) in [4.78, 5) is 11.8. The lowest BCUT2D eigenvalue weighted by Crippen LogP contribution is -2.28. The molecule has 0 aromatic carbocycles. The summed E-state index contributed by atoms with van der Waals surface area (Å²) < 4.78 is 0. The molecule has 0 bridgehead atoms. The second kappa shape index (κ2) is 3.87. The number of carbonyl (C=O) groups is 1. The Bertz CT molecular complexity index is 382. The summed E-state index contributed by atoms with van der Waals surface area (Å²) in [6, 6.07) is 0. The molecule has 0 aromatic heterocycles. The minimum absolute atomic E-state index is 0.224. The molecule has 0 amide bonds. The fraction of sp³-hybridized carbons (Fsp3) is 0.667. The summed E-state index contributed by atoms with van der Waals surface area (Å²) in [5, 5.41) is 0. The predicted octanol–water partition coefficient (Wildman–Crippen LogP) is 4.05. The molecule has 1 saturated carbocycles. The first-order valence-corrected chi connectivity index (χ1v) is 6.32. The van der Waals surface area contributed by atoms with E-state index in [0.29, 0.717) is 11.2 Å². The zero-order chi connectivity index (χ0) is 11.9. The molecule has 2 rings (SSSR count). The van der Waals surface area contributed by atoms with Crippen LogP contribution in [0.3, 0.4) is 0 Å². The van der Waals surface area contributed by atoms with Crippen molar-refractivity contribution in [3.8, 4) is 0 Å². The molecule has 2 atom stereocenters. The van der Waals surface area contributed by atoms with E-state index in [4.69, 9.17) is 0 Å². The van der Waals surface area contributed by atoms with E-state index in [0.717, 1.165) is 12.0 Å². The highest BCUT2D eigenvalue weighted by atomic mass is 16.1. The maximum Gasteiger partial charge on any atom is 0.161 e. The summed E-state index contributed by atoms with van der Waals surface area (Å²) in [6.45, 7) is 8.49. The van der Waals surface area contributed by atoms with E-state index >= 15 is 0 Å². The lowest BCUT2D eigenvalue weighted by atomic mass is 9.70. The third-order valence-electron chi connectivity index (χ3n) is 4.27. The highest BCUT2D eigenvalue weighted by Gasteiger charge is 2.40. The topological polar surface area (TPSA) is 17.1 Å². The lowest BCUT2D eigenvalue weighted by molar-refractivity contribution is -0.120. The number of rotatable bonds is 0. The van der Waals surface area contributed by atoms with Gasteiger partial charge in [0.05, 0.1) is 0 Å². The molecular formula is C15H22O. The van der Waals surface area contributed by atoms with Crippen LogP contribution < -0.4 is 0 Å².